The molecule has 1 aliphatic rings. The van der Waals surface area contributed by atoms with Crippen LogP contribution < -0.4 is 4.90 Å². The molecule has 0 spiro atoms. The number of thiazole rings is 1. The molecule has 2 aromatic rings. The van der Waals surface area contributed by atoms with Gasteiger partial charge in [-0.2, -0.15) is 0 Å². The highest BCUT2D eigenvalue weighted by Crippen LogP contribution is 2.18. The van der Waals surface area contributed by atoms with Gasteiger partial charge in [-0.15, -0.1) is 11.3 Å². The van der Waals surface area contributed by atoms with Gasteiger partial charge in [-0.3, -0.25) is 4.79 Å². The predicted molar refractivity (Wildman–Crippen MR) is 95.6 cm³/mol. The van der Waals surface area contributed by atoms with Gasteiger partial charge in [-0.25, -0.2) is 9.78 Å². The minimum absolute atomic E-state index is 0.206. The summed E-state index contributed by atoms with van der Waals surface area (Å²) in [5.41, 5.74) is 1.02. The Balaban J connectivity index is 1.60. The number of ether oxygens (including phenoxy) is 1. The van der Waals surface area contributed by atoms with Crippen LogP contribution in [0.15, 0.2) is 35.8 Å². The zero-order valence-corrected chi connectivity index (χ0v) is 14.6. The summed E-state index contributed by atoms with van der Waals surface area (Å²) in [5, 5.41) is 2.93. The van der Waals surface area contributed by atoms with Crippen molar-refractivity contribution in [1.82, 2.24) is 9.88 Å². The number of rotatable bonds is 2. The largest absolute Gasteiger partial charge is 0.465 e. The Bertz CT molecular complexity index is 816. The molecule has 0 saturated carbocycles. The second-order valence-electron chi connectivity index (χ2n) is 5.42. The molecule has 1 fully saturated rings. The Labute approximate surface area is 150 Å². The van der Waals surface area contributed by atoms with Crippen LogP contribution in [0.1, 0.15) is 15.9 Å². The number of carbonyl (C=O) groups is 2. The number of carbonyl (C=O) groups excluding carboxylic acids is 2. The summed E-state index contributed by atoms with van der Waals surface area (Å²) in [4.78, 5) is 32.0. The van der Waals surface area contributed by atoms with E-state index >= 15 is 0 Å². The molecule has 1 amide bonds. The molecular formula is C18H17N3O3S. The minimum atomic E-state index is -0.423. The van der Waals surface area contributed by atoms with Crippen LogP contribution in [0.5, 0.6) is 0 Å². The van der Waals surface area contributed by atoms with E-state index < -0.39 is 5.97 Å². The molecule has 1 aliphatic heterocycles. The van der Waals surface area contributed by atoms with Gasteiger partial charge in [0.2, 0.25) is 0 Å². The van der Waals surface area contributed by atoms with Gasteiger partial charge in [0.1, 0.15) is 0 Å². The summed E-state index contributed by atoms with van der Waals surface area (Å²) in [7, 11) is 1.33. The van der Waals surface area contributed by atoms with Gasteiger partial charge in [0.25, 0.3) is 5.91 Å². The second kappa shape index (κ2) is 7.81. The Hall–Kier alpha value is -2.85. The number of aromatic nitrogens is 1. The summed E-state index contributed by atoms with van der Waals surface area (Å²) >= 11 is 1.60. The third-order valence-electron chi connectivity index (χ3n) is 3.85. The average molecular weight is 355 g/mol. The quantitative estimate of drug-likeness (QED) is 0.605. The summed E-state index contributed by atoms with van der Waals surface area (Å²) in [5.74, 6) is 4.85. The van der Waals surface area contributed by atoms with Crippen molar-refractivity contribution in [3.63, 3.8) is 0 Å². The molecule has 1 saturated heterocycles. The first-order valence-electron chi connectivity index (χ1n) is 7.81. The maximum Gasteiger partial charge on any atom is 0.337 e. The molecular weight excluding hydrogens is 338 g/mol. The van der Waals surface area contributed by atoms with Crippen LogP contribution in [0.3, 0.4) is 0 Å². The highest BCUT2D eigenvalue weighted by Gasteiger charge is 2.21. The van der Waals surface area contributed by atoms with Crippen molar-refractivity contribution >= 4 is 28.3 Å². The van der Waals surface area contributed by atoms with Crippen molar-refractivity contribution in [2.75, 3.05) is 38.2 Å². The molecule has 0 unspecified atom stereocenters. The van der Waals surface area contributed by atoms with Gasteiger partial charge >= 0.3 is 5.97 Å². The lowest BCUT2D eigenvalue weighted by Crippen LogP contribution is -2.48. The van der Waals surface area contributed by atoms with E-state index in [1.807, 2.05) is 5.38 Å². The number of esters is 1. The lowest BCUT2D eigenvalue weighted by atomic mass is 10.1. The van der Waals surface area contributed by atoms with Crippen LogP contribution in [0.2, 0.25) is 0 Å². The van der Waals surface area contributed by atoms with Crippen LogP contribution in [0.25, 0.3) is 0 Å². The number of nitrogens with zero attached hydrogens (tertiary/aromatic N) is 3. The minimum Gasteiger partial charge on any atom is -0.465 e. The molecule has 6 nitrogen and oxygen atoms in total. The molecule has 25 heavy (non-hydrogen) atoms. The van der Waals surface area contributed by atoms with Crippen molar-refractivity contribution in [1.29, 1.82) is 0 Å². The fourth-order valence-electron chi connectivity index (χ4n) is 2.52. The van der Waals surface area contributed by atoms with Gasteiger partial charge in [-0.05, 0) is 18.2 Å². The standard InChI is InChI=1S/C18H17N3O3S/c1-24-17(23)15-4-2-3-14(13-15)5-6-16(22)20-8-10-21(11-9-20)18-19-7-12-25-18/h2-4,7,12-13H,8-11H2,1H3. The van der Waals surface area contributed by atoms with Gasteiger partial charge in [-0.1, -0.05) is 12.0 Å². The monoisotopic (exact) mass is 355 g/mol. The van der Waals surface area contributed by atoms with Crippen LogP contribution in [0.4, 0.5) is 5.13 Å². The van der Waals surface area contributed by atoms with E-state index in [1.165, 1.54) is 7.11 Å². The third-order valence-corrected chi connectivity index (χ3v) is 4.69. The fraction of sp³-hybridized carbons (Fsp3) is 0.278. The van der Waals surface area contributed by atoms with Crippen LogP contribution in [-0.2, 0) is 9.53 Å². The summed E-state index contributed by atoms with van der Waals surface area (Å²) < 4.78 is 4.68. The van der Waals surface area contributed by atoms with Crippen molar-refractivity contribution in [2.24, 2.45) is 0 Å². The van der Waals surface area contributed by atoms with E-state index in [0.717, 1.165) is 18.2 Å². The molecule has 2 heterocycles. The van der Waals surface area contributed by atoms with Gasteiger partial charge in [0.05, 0.1) is 12.7 Å². The number of methoxy groups -OCH3 is 1. The third kappa shape index (κ3) is 4.17. The van der Waals surface area contributed by atoms with Crippen LogP contribution >= 0.6 is 11.3 Å². The Kier molecular flexibility index (Phi) is 5.31. The number of benzene rings is 1. The molecule has 128 valence electrons. The average Bonchev–Trinajstić information content (AvgIpc) is 3.20. The van der Waals surface area contributed by atoms with E-state index in [-0.39, 0.29) is 5.91 Å². The van der Waals surface area contributed by atoms with E-state index in [2.05, 4.69) is 26.5 Å². The predicted octanol–water partition coefficient (Wildman–Crippen LogP) is 1.63. The highest BCUT2D eigenvalue weighted by atomic mass is 32.1. The van der Waals surface area contributed by atoms with Crippen molar-refractivity contribution in [2.45, 2.75) is 0 Å². The zero-order valence-electron chi connectivity index (χ0n) is 13.8. The van der Waals surface area contributed by atoms with E-state index in [1.54, 1.807) is 46.7 Å². The Morgan fingerprint density at radius 1 is 1.24 bits per heavy atom. The second-order valence-corrected chi connectivity index (χ2v) is 6.29. The molecule has 7 heteroatoms. The SMILES string of the molecule is COC(=O)c1cccc(C#CC(=O)N2CCN(c3nccs3)CC2)c1. The summed E-state index contributed by atoms with van der Waals surface area (Å²) in [6.07, 6.45) is 1.78. The van der Waals surface area contributed by atoms with Gasteiger partial charge < -0.3 is 14.5 Å². The molecule has 0 bridgehead atoms. The van der Waals surface area contributed by atoms with Crippen LogP contribution in [0, 0.1) is 11.8 Å². The Morgan fingerprint density at radius 2 is 2.04 bits per heavy atom. The van der Waals surface area contributed by atoms with Crippen molar-refractivity contribution in [3.05, 3.63) is 47.0 Å². The van der Waals surface area contributed by atoms with Gasteiger partial charge in [0, 0.05) is 49.2 Å². The topological polar surface area (TPSA) is 62.7 Å². The number of amides is 1. The fourth-order valence-corrected chi connectivity index (χ4v) is 3.22. The normalized spacial score (nSPS) is 13.8. The van der Waals surface area contributed by atoms with Crippen LogP contribution in [-0.4, -0.2) is 55.0 Å². The lowest BCUT2D eigenvalue weighted by Gasteiger charge is -2.33. The smallest absolute Gasteiger partial charge is 0.337 e. The van der Waals surface area contributed by atoms with E-state index in [9.17, 15) is 9.59 Å². The number of hydrogen-bond acceptors (Lipinski definition) is 6. The Morgan fingerprint density at radius 3 is 2.72 bits per heavy atom. The molecule has 1 aromatic heterocycles. The molecule has 0 radical (unpaired) electrons. The number of piperazine rings is 1. The molecule has 0 N–H and O–H groups in total. The first kappa shape index (κ1) is 17.0. The molecule has 0 aliphatic carbocycles. The van der Waals surface area contributed by atoms with Gasteiger partial charge in [0.15, 0.2) is 5.13 Å². The number of anilines is 1. The van der Waals surface area contributed by atoms with E-state index in [0.29, 0.717) is 24.2 Å². The first-order valence-corrected chi connectivity index (χ1v) is 8.69. The van der Waals surface area contributed by atoms with E-state index in [4.69, 9.17) is 0 Å². The van der Waals surface area contributed by atoms with Crippen molar-refractivity contribution in [3.8, 4) is 11.8 Å². The molecule has 0 atom stereocenters. The maximum absolute atomic E-state index is 12.3. The maximum atomic E-state index is 12.3. The summed E-state index contributed by atoms with van der Waals surface area (Å²) in [6.45, 7) is 2.74. The zero-order chi connectivity index (χ0) is 17.6. The number of hydrogen-bond donors (Lipinski definition) is 0. The first-order chi connectivity index (χ1) is 12.2. The molecule has 1 aromatic carbocycles. The molecule has 3 rings (SSSR count). The highest BCUT2D eigenvalue weighted by molar-refractivity contribution is 7.13. The summed E-state index contributed by atoms with van der Waals surface area (Å²) in [6, 6.07) is 6.74. The lowest BCUT2D eigenvalue weighted by molar-refractivity contribution is -0.125. The van der Waals surface area contributed by atoms with Crippen molar-refractivity contribution < 1.29 is 14.3 Å².